The molecule has 0 radical (unpaired) electrons. The molecule has 6 heteroatoms. The summed E-state index contributed by atoms with van der Waals surface area (Å²) in [5, 5.41) is 3.12. The van der Waals surface area contributed by atoms with E-state index in [0.29, 0.717) is 11.5 Å². The number of hydrogen-bond acceptors (Lipinski definition) is 4. The fraction of sp³-hybridized carbons (Fsp3) is 0.259. The van der Waals surface area contributed by atoms with Crippen molar-refractivity contribution < 1.29 is 14.3 Å². The normalized spacial score (nSPS) is 11.8. The van der Waals surface area contributed by atoms with Crippen LogP contribution in [0.15, 0.2) is 72.8 Å². The summed E-state index contributed by atoms with van der Waals surface area (Å²) in [7, 11) is 3.18. The van der Waals surface area contributed by atoms with Crippen molar-refractivity contribution in [3.63, 3.8) is 0 Å². The third-order valence-corrected chi connectivity index (χ3v) is 5.73. The van der Waals surface area contributed by atoms with E-state index in [1.54, 1.807) is 14.2 Å². The largest absolute Gasteiger partial charge is 0.493 e. The molecule has 0 aliphatic rings. The first-order valence-corrected chi connectivity index (χ1v) is 11.1. The topological polar surface area (TPSA) is 65.4 Å². The second kappa shape index (κ2) is 10.2. The number of para-hydroxylation sites is 2. The predicted octanol–water partition coefficient (Wildman–Crippen LogP) is 4.72. The van der Waals surface area contributed by atoms with Gasteiger partial charge in [0.1, 0.15) is 5.82 Å². The molecule has 1 aromatic heterocycles. The maximum Gasteiger partial charge on any atom is 0.224 e. The Morgan fingerprint density at radius 1 is 0.939 bits per heavy atom. The van der Waals surface area contributed by atoms with Gasteiger partial charge < -0.3 is 19.4 Å². The van der Waals surface area contributed by atoms with Crippen LogP contribution in [0.25, 0.3) is 11.0 Å². The minimum absolute atomic E-state index is 0.0728. The molecule has 0 saturated carbocycles. The molecule has 0 bridgehead atoms. The molecule has 1 atom stereocenters. The van der Waals surface area contributed by atoms with E-state index < -0.39 is 0 Å². The van der Waals surface area contributed by atoms with Crippen LogP contribution in [0.2, 0.25) is 0 Å². The second-order valence-corrected chi connectivity index (χ2v) is 8.00. The van der Waals surface area contributed by atoms with E-state index >= 15 is 0 Å². The lowest BCUT2D eigenvalue weighted by Crippen LogP contribution is -2.30. The molecule has 1 unspecified atom stereocenters. The number of ether oxygens (including phenoxy) is 2. The number of imidazole rings is 1. The van der Waals surface area contributed by atoms with Crippen molar-refractivity contribution in [2.24, 2.45) is 0 Å². The van der Waals surface area contributed by atoms with Crippen molar-refractivity contribution in [1.82, 2.24) is 14.9 Å². The van der Waals surface area contributed by atoms with E-state index in [-0.39, 0.29) is 18.4 Å². The van der Waals surface area contributed by atoms with E-state index in [4.69, 9.17) is 14.5 Å². The number of benzene rings is 3. The molecule has 4 rings (SSSR count). The number of nitrogens with zero attached hydrogens (tertiary/aromatic N) is 2. The SMILES string of the molecule is COc1ccc(CC(=O)NC(C)c2nc3ccccc3n2CCc2ccccc2)cc1OC. The fourth-order valence-corrected chi connectivity index (χ4v) is 4.08. The highest BCUT2D eigenvalue weighted by Gasteiger charge is 2.19. The number of fused-ring (bicyclic) bond motifs is 1. The third kappa shape index (κ3) is 5.17. The molecule has 6 nitrogen and oxygen atoms in total. The highest BCUT2D eigenvalue weighted by atomic mass is 16.5. The number of aromatic nitrogens is 2. The lowest BCUT2D eigenvalue weighted by molar-refractivity contribution is -0.121. The van der Waals surface area contributed by atoms with Crippen molar-refractivity contribution in [1.29, 1.82) is 0 Å². The highest BCUT2D eigenvalue weighted by Crippen LogP contribution is 2.28. The summed E-state index contributed by atoms with van der Waals surface area (Å²) in [4.78, 5) is 17.7. The minimum Gasteiger partial charge on any atom is -0.493 e. The van der Waals surface area contributed by atoms with Gasteiger partial charge >= 0.3 is 0 Å². The van der Waals surface area contributed by atoms with Crippen molar-refractivity contribution >= 4 is 16.9 Å². The molecule has 0 spiro atoms. The number of hydrogen-bond donors (Lipinski definition) is 1. The Bertz CT molecular complexity index is 1230. The standard InChI is InChI=1S/C27H29N3O3/c1-19(28-26(31)18-21-13-14-24(32-2)25(17-21)33-3)27-29-22-11-7-8-12-23(22)30(27)16-15-20-9-5-4-6-10-20/h4-14,17,19H,15-16,18H2,1-3H3,(H,28,31). The molecule has 0 aliphatic carbocycles. The summed E-state index contributed by atoms with van der Waals surface area (Å²) in [6.45, 7) is 2.77. The first-order chi connectivity index (χ1) is 16.1. The van der Waals surface area contributed by atoms with Crippen LogP contribution in [-0.2, 0) is 24.2 Å². The van der Waals surface area contributed by atoms with Crippen molar-refractivity contribution in [2.75, 3.05) is 14.2 Å². The Balaban J connectivity index is 1.51. The van der Waals surface area contributed by atoms with E-state index in [1.807, 2.05) is 49.4 Å². The van der Waals surface area contributed by atoms with Crippen molar-refractivity contribution in [3.05, 3.63) is 89.7 Å². The summed E-state index contributed by atoms with van der Waals surface area (Å²) in [5.41, 5.74) is 4.13. The quantitative estimate of drug-likeness (QED) is 0.407. The van der Waals surface area contributed by atoms with Crippen LogP contribution in [0.5, 0.6) is 11.5 Å². The van der Waals surface area contributed by atoms with Crippen LogP contribution in [-0.4, -0.2) is 29.7 Å². The van der Waals surface area contributed by atoms with Crippen LogP contribution < -0.4 is 14.8 Å². The van der Waals surface area contributed by atoms with Crippen LogP contribution in [0, 0.1) is 0 Å². The summed E-state index contributed by atoms with van der Waals surface area (Å²) in [5.74, 6) is 2.03. The molecule has 0 saturated heterocycles. The number of rotatable bonds is 9. The average molecular weight is 444 g/mol. The minimum atomic E-state index is -0.235. The molecular weight excluding hydrogens is 414 g/mol. The number of nitrogens with one attached hydrogen (secondary N) is 1. The zero-order valence-corrected chi connectivity index (χ0v) is 19.2. The number of carbonyl (C=O) groups excluding carboxylic acids is 1. The monoisotopic (exact) mass is 443 g/mol. The molecular formula is C27H29N3O3. The van der Waals surface area contributed by atoms with Crippen molar-refractivity contribution in [2.45, 2.75) is 32.4 Å². The summed E-state index contributed by atoms with van der Waals surface area (Å²) < 4.78 is 12.8. The van der Waals surface area contributed by atoms with Gasteiger partial charge in [0.2, 0.25) is 5.91 Å². The highest BCUT2D eigenvalue weighted by molar-refractivity contribution is 5.80. The van der Waals surface area contributed by atoms with Crippen LogP contribution >= 0.6 is 0 Å². The Morgan fingerprint density at radius 3 is 2.42 bits per heavy atom. The third-order valence-electron chi connectivity index (χ3n) is 5.73. The van der Waals surface area contributed by atoms with Gasteiger partial charge in [-0.15, -0.1) is 0 Å². The van der Waals surface area contributed by atoms with Gasteiger partial charge in [-0.25, -0.2) is 4.98 Å². The molecule has 1 amide bonds. The molecule has 0 aliphatic heterocycles. The van der Waals surface area contributed by atoms with E-state index in [0.717, 1.165) is 35.4 Å². The molecule has 3 aromatic carbocycles. The molecule has 1 heterocycles. The van der Waals surface area contributed by atoms with Gasteiger partial charge in [0.15, 0.2) is 11.5 Å². The van der Waals surface area contributed by atoms with Gasteiger partial charge in [-0.2, -0.15) is 0 Å². The summed E-state index contributed by atoms with van der Waals surface area (Å²) in [6.07, 6.45) is 1.13. The van der Waals surface area contributed by atoms with E-state index in [2.05, 4.69) is 40.2 Å². The van der Waals surface area contributed by atoms with E-state index in [9.17, 15) is 4.79 Å². The zero-order chi connectivity index (χ0) is 23.2. The number of carbonyl (C=O) groups is 1. The Kier molecular flexibility index (Phi) is 6.93. The van der Waals surface area contributed by atoms with Gasteiger partial charge in [0, 0.05) is 6.54 Å². The Morgan fingerprint density at radius 2 is 1.67 bits per heavy atom. The number of amides is 1. The average Bonchev–Trinajstić information content (AvgIpc) is 3.22. The lowest BCUT2D eigenvalue weighted by atomic mass is 10.1. The second-order valence-electron chi connectivity index (χ2n) is 8.00. The molecule has 33 heavy (non-hydrogen) atoms. The number of methoxy groups -OCH3 is 2. The molecule has 0 fully saturated rings. The Hall–Kier alpha value is -3.80. The first-order valence-electron chi connectivity index (χ1n) is 11.1. The van der Waals surface area contributed by atoms with Crippen LogP contribution in [0.3, 0.4) is 0 Å². The first kappa shape index (κ1) is 22.4. The van der Waals surface area contributed by atoms with Crippen molar-refractivity contribution in [3.8, 4) is 11.5 Å². The van der Waals surface area contributed by atoms with Gasteiger partial charge in [-0.1, -0.05) is 48.5 Å². The lowest BCUT2D eigenvalue weighted by Gasteiger charge is -2.17. The molecule has 1 N–H and O–H groups in total. The fourth-order valence-electron chi connectivity index (χ4n) is 4.08. The zero-order valence-electron chi connectivity index (χ0n) is 19.2. The summed E-state index contributed by atoms with van der Waals surface area (Å²) in [6, 6.07) is 23.8. The van der Waals surface area contributed by atoms with Crippen LogP contribution in [0.4, 0.5) is 0 Å². The van der Waals surface area contributed by atoms with Crippen LogP contribution in [0.1, 0.15) is 29.9 Å². The van der Waals surface area contributed by atoms with E-state index in [1.165, 1.54) is 5.56 Å². The molecule has 4 aromatic rings. The Labute approximate surface area is 194 Å². The maximum atomic E-state index is 12.8. The number of aryl methyl sites for hydroxylation is 2. The predicted molar refractivity (Wildman–Crippen MR) is 130 cm³/mol. The smallest absolute Gasteiger partial charge is 0.224 e. The van der Waals surface area contributed by atoms with Gasteiger partial charge in [0.05, 0.1) is 37.7 Å². The summed E-state index contributed by atoms with van der Waals surface area (Å²) >= 11 is 0. The van der Waals surface area contributed by atoms with Gasteiger partial charge in [-0.3, -0.25) is 4.79 Å². The maximum absolute atomic E-state index is 12.8. The molecule has 170 valence electrons. The van der Waals surface area contributed by atoms with Gasteiger partial charge in [0.25, 0.3) is 0 Å². The van der Waals surface area contributed by atoms with Gasteiger partial charge in [-0.05, 0) is 48.7 Å².